The average molecular weight is 412 g/mol. The predicted molar refractivity (Wildman–Crippen MR) is 114 cm³/mol. The highest BCUT2D eigenvalue weighted by Crippen LogP contribution is 2.17. The minimum absolute atomic E-state index is 0.000643. The molecule has 1 aromatic carbocycles. The van der Waals surface area contributed by atoms with Crippen molar-refractivity contribution in [2.24, 2.45) is 0 Å². The highest BCUT2D eigenvalue weighted by atomic mass is 16.5. The fourth-order valence-electron chi connectivity index (χ4n) is 3.44. The molecule has 0 aliphatic carbocycles. The molecule has 1 saturated heterocycles. The zero-order valence-electron chi connectivity index (χ0n) is 18.1. The first-order chi connectivity index (χ1) is 14.3. The summed E-state index contributed by atoms with van der Waals surface area (Å²) < 4.78 is 12.5. The van der Waals surface area contributed by atoms with Crippen molar-refractivity contribution in [1.29, 1.82) is 0 Å². The topological polar surface area (TPSA) is 73.7 Å². The Morgan fingerprint density at radius 3 is 2.67 bits per heavy atom. The number of carbonyl (C=O) groups is 2. The molecule has 2 heterocycles. The molecule has 2 aromatic rings. The van der Waals surface area contributed by atoms with E-state index in [9.17, 15) is 9.59 Å². The van der Waals surface area contributed by atoms with Gasteiger partial charge in [-0.3, -0.25) is 9.48 Å². The Hall–Kier alpha value is -2.93. The molecule has 1 unspecified atom stereocenters. The highest BCUT2D eigenvalue weighted by Gasteiger charge is 2.22. The molecule has 1 aliphatic heterocycles. The molecule has 3 rings (SSSR count). The Morgan fingerprint density at radius 2 is 1.97 bits per heavy atom. The molecular formula is C23H29N3O4. The van der Waals surface area contributed by atoms with E-state index >= 15 is 0 Å². The van der Waals surface area contributed by atoms with Crippen molar-refractivity contribution in [2.75, 3.05) is 26.3 Å². The summed E-state index contributed by atoms with van der Waals surface area (Å²) >= 11 is 0. The SMILES string of the molecule is Cc1ccc(Cn2nc(C)c(/C=C/C(=O)OCC(=O)N3CCOC(C)C3)c2C)cc1. The average Bonchev–Trinajstić information content (AvgIpc) is 2.99. The molecule has 1 amide bonds. The van der Waals surface area contributed by atoms with Crippen LogP contribution in [0.2, 0.25) is 0 Å². The number of amides is 1. The van der Waals surface area contributed by atoms with Gasteiger partial charge < -0.3 is 14.4 Å². The van der Waals surface area contributed by atoms with Gasteiger partial charge in [-0.25, -0.2) is 4.79 Å². The standard InChI is InChI=1S/C23H29N3O4/c1-16-5-7-20(8-6-16)14-26-19(4)21(18(3)24-26)9-10-23(28)30-15-22(27)25-11-12-29-17(2)13-25/h5-10,17H,11-15H2,1-4H3/b10-9+. The Bertz CT molecular complexity index is 931. The third kappa shape index (κ3) is 5.57. The van der Waals surface area contributed by atoms with Gasteiger partial charge in [0.1, 0.15) is 0 Å². The van der Waals surface area contributed by atoms with Crippen molar-refractivity contribution in [3.8, 4) is 0 Å². The van der Waals surface area contributed by atoms with Gasteiger partial charge in [-0.15, -0.1) is 0 Å². The Morgan fingerprint density at radius 1 is 1.23 bits per heavy atom. The van der Waals surface area contributed by atoms with Crippen LogP contribution in [-0.4, -0.2) is 59.0 Å². The van der Waals surface area contributed by atoms with Crippen molar-refractivity contribution in [2.45, 2.75) is 40.3 Å². The maximum absolute atomic E-state index is 12.2. The maximum atomic E-state index is 12.2. The van der Waals surface area contributed by atoms with Gasteiger partial charge in [0.15, 0.2) is 6.61 Å². The van der Waals surface area contributed by atoms with Crippen LogP contribution in [0.3, 0.4) is 0 Å². The first-order valence-electron chi connectivity index (χ1n) is 10.2. The van der Waals surface area contributed by atoms with Crippen LogP contribution in [0.25, 0.3) is 6.08 Å². The first kappa shape index (κ1) is 21.8. The Balaban J connectivity index is 1.57. The lowest BCUT2D eigenvalue weighted by Gasteiger charge is -2.30. The summed E-state index contributed by atoms with van der Waals surface area (Å²) in [7, 11) is 0. The fraction of sp³-hybridized carbons (Fsp3) is 0.435. The number of hydrogen-bond donors (Lipinski definition) is 0. The quantitative estimate of drug-likeness (QED) is 0.540. The Labute approximate surface area is 177 Å². The number of ether oxygens (including phenoxy) is 2. The van der Waals surface area contributed by atoms with Crippen molar-refractivity contribution < 1.29 is 19.1 Å². The van der Waals surface area contributed by atoms with Crippen molar-refractivity contribution in [3.05, 3.63) is 58.4 Å². The van der Waals surface area contributed by atoms with Crippen molar-refractivity contribution in [1.82, 2.24) is 14.7 Å². The van der Waals surface area contributed by atoms with Gasteiger partial charge in [0.25, 0.3) is 5.91 Å². The molecule has 1 aromatic heterocycles. The first-order valence-corrected chi connectivity index (χ1v) is 10.2. The monoisotopic (exact) mass is 411 g/mol. The summed E-state index contributed by atoms with van der Waals surface area (Å²) in [6.07, 6.45) is 3.05. The summed E-state index contributed by atoms with van der Waals surface area (Å²) in [6.45, 7) is 9.81. The molecule has 0 bridgehead atoms. The molecule has 0 spiro atoms. The van der Waals surface area contributed by atoms with Gasteiger partial charge in [0.2, 0.25) is 0 Å². The van der Waals surface area contributed by atoms with Crippen molar-refractivity contribution >= 4 is 18.0 Å². The fourth-order valence-corrected chi connectivity index (χ4v) is 3.44. The lowest BCUT2D eigenvalue weighted by molar-refractivity contribution is -0.151. The van der Waals surface area contributed by atoms with Crippen LogP contribution in [0.15, 0.2) is 30.3 Å². The Kier molecular flexibility index (Phi) is 7.05. The highest BCUT2D eigenvalue weighted by molar-refractivity contribution is 5.89. The molecule has 30 heavy (non-hydrogen) atoms. The van der Waals surface area contributed by atoms with Crippen LogP contribution in [0, 0.1) is 20.8 Å². The van der Waals surface area contributed by atoms with Crippen LogP contribution in [0.1, 0.15) is 35.0 Å². The van der Waals surface area contributed by atoms with Gasteiger partial charge in [-0.05, 0) is 39.3 Å². The second kappa shape index (κ2) is 9.71. The summed E-state index contributed by atoms with van der Waals surface area (Å²) in [5.74, 6) is -0.750. The number of carbonyl (C=O) groups excluding carboxylic acids is 2. The van der Waals surface area contributed by atoms with Gasteiger partial charge in [0, 0.05) is 30.4 Å². The largest absolute Gasteiger partial charge is 0.452 e. The number of benzene rings is 1. The van der Waals surface area contributed by atoms with Crippen LogP contribution >= 0.6 is 0 Å². The number of aryl methyl sites for hydroxylation is 2. The zero-order chi connectivity index (χ0) is 21.7. The number of hydrogen-bond acceptors (Lipinski definition) is 5. The van der Waals surface area contributed by atoms with E-state index in [0.29, 0.717) is 26.2 Å². The van der Waals surface area contributed by atoms with Crippen LogP contribution < -0.4 is 0 Å². The van der Waals surface area contributed by atoms with E-state index in [4.69, 9.17) is 9.47 Å². The van der Waals surface area contributed by atoms with E-state index in [1.165, 1.54) is 11.6 Å². The number of nitrogens with zero attached hydrogens (tertiary/aromatic N) is 3. The normalized spacial score (nSPS) is 16.8. The van der Waals surface area contributed by atoms with E-state index in [1.54, 1.807) is 11.0 Å². The predicted octanol–water partition coefficient (Wildman–Crippen LogP) is 2.66. The summed E-state index contributed by atoms with van der Waals surface area (Å²) in [6, 6.07) is 8.34. The van der Waals surface area contributed by atoms with Crippen molar-refractivity contribution in [3.63, 3.8) is 0 Å². The summed E-state index contributed by atoms with van der Waals surface area (Å²) in [4.78, 5) is 25.9. The number of aromatic nitrogens is 2. The smallest absolute Gasteiger partial charge is 0.331 e. The van der Waals surface area contributed by atoms with Crippen LogP contribution in [0.4, 0.5) is 0 Å². The number of rotatable bonds is 6. The molecule has 7 nitrogen and oxygen atoms in total. The zero-order valence-corrected chi connectivity index (χ0v) is 18.1. The number of esters is 1. The second-order valence-electron chi connectivity index (χ2n) is 7.69. The van der Waals surface area contributed by atoms with E-state index in [1.807, 2.05) is 25.5 Å². The maximum Gasteiger partial charge on any atom is 0.331 e. The molecule has 0 N–H and O–H groups in total. The molecule has 1 aliphatic rings. The lowest BCUT2D eigenvalue weighted by Crippen LogP contribution is -2.46. The molecular weight excluding hydrogens is 382 g/mol. The van der Waals surface area contributed by atoms with Gasteiger partial charge in [-0.1, -0.05) is 29.8 Å². The third-order valence-electron chi connectivity index (χ3n) is 5.21. The van der Waals surface area contributed by atoms with Crippen LogP contribution in [0.5, 0.6) is 0 Å². The molecule has 0 radical (unpaired) electrons. The minimum atomic E-state index is -0.547. The van der Waals surface area contributed by atoms with Gasteiger partial charge in [0.05, 0.1) is 24.9 Å². The van der Waals surface area contributed by atoms with E-state index in [-0.39, 0.29) is 18.6 Å². The molecule has 1 atom stereocenters. The van der Waals surface area contributed by atoms with E-state index in [0.717, 1.165) is 22.5 Å². The molecule has 0 saturated carbocycles. The molecule has 1 fully saturated rings. The molecule has 7 heteroatoms. The molecule has 160 valence electrons. The lowest BCUT2D eigenvalue weighted by atomic mass is 10.1. The minimum Gasteiger partial charge on any atom is -0.452 e. The van der Waals surface area contributed by atoms with Gasteiger partial charge >= 0.3 is 5.97 Å². The second-order valence-corrected chi connectivity index (χ2v) is 7.69. The number of morpholine rings is 1. The summed E-state index contributed by atoms with van der Waals surface area (Å²) in [5.41, 5.74) is 5.07. The van der Waals surface area contributed by atoms with E-state index < -0.39 is 5.97 Å². The third-order valence-corrected chi connectivity index (χ3v) is 5.21. The van der Waals surface area contributed by atoms with E-state index in [2.05, 4.69) is 36.3 Å². The van der Waals surface area contributed by atoms with Crippen LogP contribution in [-0.2, 0) is 25.6 Å². The summed E-state index contributed by atoms with van der Waals surface area (Å²) in [5, 5.41) is 4.59. The van der Waals surface area contributed by atoms with Gasteiger partial charge in [-0.2, -0.15) is 5.10 Å².